The highest BCUT2D eigenvalue weighted by atomic mass is 16.5. The monoisotopic (exact) mass is 235 g/mol. The van der Waals surface area contributed by atoms with Gasteiger partial charge in [0.1, 0.15) is 6.07 Å². The van der Waals surface area contributed by atoms with Gasteiger partial charge in [-0.25, -0.2) is 0 Å². The van der Waals surface area contributed by atoms with Crippen molar-refractivity contribution < 1.29 is 4.74 Å². The van der Waals surface area contributed by atoms with Crippen molar-refractivity contribution in [3.8, 4) is 11.9 Å². The Balaban J connectivity index is 3.30. The third kappa shape index (κ3) is 2.75. The van der Waals surface area contributed by atoms with Crippen molar-refractivity contribution in [2.24, 2.45) is 0 Å². The number of hydrogen-bond donors (Lipinski definition) is 1. The van der Waals surface area contributed by atoms with E-state index in [2.05, 4.69) is 21.4 Å². The Bertz CT molecular complexity index is 427. The van der Waals surface area contributed by atoms with E-state index in [9.17, 15) is 0 Å². The predicted octanol–water partition coefficient (Wildman–Crippen LogP) is 1.24. The second kappa shape index (κ2) is 5.89. The molecule has 0 aliphatic rings. The summed E-state index contributed by atoms with van der Waals surface area (Å²) in [5.41, 5.74) is 0.336. The Morgan fingerprint density at radius 2 is 2.12 bits per heavy atom. The number of hydrogen-bond acceptors (Lipinski definition) is 6. The molecule has 1 aromatic rings. The van der Waals surface area contributed by atoms with Crippen LogP contribution in [0.2, 0.25) is 0 Å². The lowest BCUT2D eigenvalue weighted by Crippen LogP contribution is -2.20. The van der Waals surface area contributed by atoms with Crippen LogP contribution in [-0.4, -0.2) is 37.2 Å². The van der Waals surface area contributed by atoms with E-state index in [1.54, 1.807) is 0 Å². The number of ether oxygens (including phenoxy) is 1. The van der Waals surface area contributed by atoms with Gasteiger partial charge in [0.25, 0.3) is 0 Å². The molecule has 0 atom stereocenters. The van der Waals surface area contributed by atoms with Crippen LogP contribution in [0.5, 0.6) is 5.88 Å². The van der Waals surface area contributed by atoms with Gasteiger partial charge in [0, 0.05) is 20.1 Å². The molecule has 1 rings (SSSR count). The lowest BCUT2D eigenvalue weighted by Gasteiger charge is -2.17. The summed E-state index contributed by atoms with van der Waals surface area (Å²) < 4.78 is 5.12. The quantitative estimate of drug-likeness (QED) is 0.827. The summed E-state index contributed by atoms with van der Waals surface area (Å²) in [6.07, 6.45) is 0. The Morgan fingerprint density at radius 3 is 2.59 bits per heavy atom. The van der Waals surface area contributed by atoms with Crippen LogP contribution in [0.3, 0.4) is 0 Å². The van der Waals surface area contributed by atoms with Crippen LogP contribution < -0.4 is 15.0 Å². The molecule has 92 valence electrons. The van der Waals surface area contributed by atoms with E-state index in [-0.39, 0.29) is 0 Å². The third-order valence-corrected chi connectivity index (χ3v) is 2.33. The first-order valence-corrected chi connectivity index (χ1v) is 5.49. The van der Waals surface area contributed by atoms with Crippen molar-refractivity contribution >= 4 is 11.8 Å². The van der Waals surface area contributed by atoms with E-state index >= 15 is 0 Å². The van der Waals surface area contributed by atoms with Gasteiger partial charge < -0.3 is 15.0 Å². The minimum atomic E-state index is 0.300. The van der Waals surface area contributed by atoms with Crippen LogP contribution in [0.1, 0.15) is 19.4 Å². The fourth-order valence-corrected chi connectivity index (χ4v) is 1.28. The maximum absolute atomic E-state index is 9.08. The highest BCUT2D eigenvalue weighted by molar-refractivity contribution is 5.59. The van der Waals surface area contributed by atoms with Crippen LogP contribution in [0.4, 0.5) is 11.8 Å². The molecule has 0 saturated heterocycles. The number of methoxy groups -OCH3 is 1. The molecule has 0 amide bonds. The Hall–Kier alpha value is -2.03. The summed E-state index contributed by atoms with van der Waals surface area (Å²) in [5.74, 6) is 1.35. The van der Waals surface area contributed by atoms with E-state index in [4.69, 9.17) is 10.00 Å². The topological polar surface area (TPSA) is 74.1 Å². The average Bonchev–Trinajstić information content (AvgIpc) is 2.37. The van der Waals surface area contributed by atoms with Gasteiger partial charge in [0.15, 0.2) is 11.4 Å². The molecule has 6 heteroatoms. The maximum Gasteiger partial charge on any atom is 0.238 e. The van der Waals surface area contributed by atoms with Gasteiger partial charge >= 0.3 is 0 Å². The summed E-state index contributed by atoms with van der Waals surface area (Å²) >= 11 is 0. The van der Waals surface area contributed by atoms with Crippen molar-refractivity contribution in [1.82, 2.24) is 9.97 Å². The van der Waals surface area contributed by atoms with Gasteiger partial charge in [-0.15, -0.1) is 0 Å². The zero-order valence-electron chi connectivity index (χ0n) is 10.6. The molecule has 0 spiro atoms. The smallest absolute Gasteiger partial charge is 0.238 e. The zero-order chi connectivity index (χ0) is 12.8. The average molecular weight is 235 g/mol. The Labute approximate surface area is 101 Å². The molecule has 0 saturated carbocycles. The fourth-order valence-electron chi connectivity index (χ4n) is 1.28. The van der Waals surface area contributed by atoms with Gasteiger partial charge in [0.05, 0.1) is 7.11 Å². The molecule has 6 nitrogen and oxygen atoms in total. The lowest BCUT2D eigenvalue weighted by atomic mass is 10.3. The number of nitriles is 1. The fraction of sp³-hybridized carbons (Fsp3) is 0.545. The summed E-state index contributed by atoms with van der Waals surface area (Å²) in [4.78, 5) is 10.4. The standard InChI is InChI=1S/C11H17N5O/c1-5-13-9-8(7-12)10(17-4)15-11(14-9)16(3)6-2/h5-6H2,1-4H3,(H,13,14,15). The number of nitrogens with one attached hydrogen (secondary N) is 1. The SMILES string of the molecule is CCNc1nc(N(C)CC)nc(OC)c1C#N. The van der Waals surface area contributed by atoms with Gasteiger partial charge in [-0.2, -0.15) is 15.2 Å². The molecular formula is C11H17N5O. The normalized spacial score (nSPS) is 9.59. The van der Waals surface area contributed by atoms with Gasteiger partial charge in [0.2, 0.25) is 11.8 Å². The second-order valence-electron chi connectivity index (χ2n) is 3.41. The highest BCUT2D eigenvalue weighted by Crippen LogP contribution is 2.24. The van der Waals surface area contributed by atoms with Crippen LogP contribution in [0.15, 0.2) is 0 Å². The molecule has 0 fully saturated rings. The molecule has 0 bridgehead atoms. The third-order valence-electron chi connectivity index (χ3n) is 2.33. The van der Waals surface area contributed by atoms with E-state index < -0.39 is 0 Å². The number of aromatic nitrogens is 2. The Morgan fingerprint density at radius 1 is 1.41 bits per heavy atom. The van der Waals surface area contributed by atoms with Gasteiger partial charge in [-0.1, -0.05) is 0 Å². The molecule has 0 aromatic carbocycles. The largest absolute Gasteiger partial charge is 0.480 e. The number of nitrogens with zero attached hydrogens (tertiary/aromatic N) is 4. The molecule has 0 aliphatic carbocycles. The Kier molecular flexibility index (Phi) is 4.52. The summed E-state index contributed by atoms with van der Waals surface area (Å²) in [6, 6.07) is 2.05. The van der Waals surface area contributed by atoms with Gasteiger partial charge in [-0.3, -0.25) is 0 Å². The summed E-state index contributed by atoms with van der Waals surface area (Å²) in [6.45, 7) is 5.41. The van der Waals surface area contributed by atoms with Crippen molar-refractivity contribution in [3.05, 3.63) is 5.56 Å². The van der Waals surface area contributed by atoms with Crippen LogP contribution in [-0.2, 0) is 0 Å². The molecule has 0 radical (unpaired) electrons. The van der Waals surface area contributed by atoms with Crippen LogP contribution >= 0.6 is 0 Å². The second-order valence-corrected chi connectivity index (χ2v) is 3.41. The van der Waals surface area contributed by atoms with Gasteiger partial charge in [-0.05, 0) is 13.8 Å². The van der Waals surface area contributed by atoms with E-state index in [1.165, 1.54) is 7.11 Å². The zero-order valence-corrected chi connectivity index (χ0v) is 10.6. The number of anilines is 2. The van der Waals surface area contributed by atoms with Crippen LogP contribution in [0.25, 0.3) is 0 Å². The number of rotatable bonds is 5. The molecule has 1 aromatic heterocycles. The lowest BCUT2D eigenvalue weighted by molar-refractivity contribution is 0.396. The van der Waals surface area contributed by atoms with E-state index in [0.717, 1.165) is 6.54 Å². The first kappa shape index (κ1) is 13.0. The first-order valence-electron chi connectivity index (χ1n) is 5.49. The molecular weight excluding hydrogens is 218 g/mol. The summed E-state index contributed by atoms with van der Waals surface area (Å²) in [5, 5.41) is 12.1. The van der Waals surface area contributed by atoms with Crippen molar-refractivity contribution in [2.75, 3.05) is 37.5 Å². The molecule has 1 heterocycles. The van der Waals surface area contributed by atoms with Crippen molar-refractivity contribution in [3.63, 3.8) is 0 Å². The molecule has 0 aliphatic heterocycles. The molecule has 0 unspecified atom stereocenters. The predicted molar refractivity (Wildman–Crippen MR) is 66.4 cm³/mol. The minimum Gasteiger partial charge on any atom is -0.480 e. The molecule has 1 N–H and O–H groups in total. The van der Waals surface area contributed by atoms with Crippen molar-refractivity contribution in [1.29, 1.82) is 5.26 Å². The summed E-state index contributed by atoms with van der Waals surface area (Å²) in [7, 11) is 3.38. The highest BCUT2D eigenvalue weighted by Gasteiger charge is 2.15. The van der Waals surface area contributed by atoms with E-state index in [0.29, 0.717) is 29.8 Å². The first-order chi connectivity index (χ1) is 8.17. The maximum atomic E-state index is 9.08. The van der Waals surface area contributed by atoms with E-state index in [1.807, 2.05) is 25.8 Å². The van der Waals surface area contributed by atoms with Crippen LogP contribution in [0, 0.1) is 11.3 Å². The molecule has 17 heavy (non-hydrogen) atoms. The van der Waals surface area contributed by atoms with Crippen molar-refractivity contribution in [2.45, 2.75) is 13.8 Å². The minimum absolute atomic E-state index is 0.300.